The number of nitriles is 1. The van der Waals surface area contributed by atoms with E-state index in [-0.39, 0.29) is 6.61 Å². The third-order valence-corrected chi connectivity index (χ3v) is 4.04. The number of imidazole rings is 1. The first kappa shape index (κ1) is 15.1. The Hall–Kier alpha value is -2.33. The number of rotatable bonds is 5. The van der Waals surface area contributed by atoms with Crippen LogP contribution >= 0.6 is 11.3 Å². The van der Waals surface area contributed by atoms with E-state index in [1.54, 1.807) is 13.3 Å². The zero-order valence-corrected chi connectivity index (χ0v) is 12.7. The highest BCUT2D eigenvalue weighted by Gasteiger charge is 2.22. The van der Waals surface area contributed by atoms with E-state index in [9.17, 15) is 10.1 Å². The first-order valence-electron chi connectivity index (χ1n) is 6.59. The Bertz CT molecular complexity index is 696. The standard InChI is InChI=1S/C14H16N4O2S/c1-3-9-6-18(8-17-9)7-11-10(5-15)13(16)21-12(11)14(19)20-4-2/h6,8H,3-4,7,16H2,1-2H3. The normalized spacial score (nSPS) is 10.3. The minimum Gasteiger partial charge on any atom is -0.462 e. The van der Waals surface area contributed by atoms with Gasteiger partial charge in [-0.1, -0.05) is 6.92 Å². The van der Waals surface area contributed by atoms with Crippen LogP contribution in [0.4, 0.5) is 5.00 Å². The van der Waals surface area contributed by atoms with E-state index in [0.717, 1.165) is 23.5 Å². The number of ether oxygens (including phenoxy) is 1. The average Bonchev–Trinajstić information content (AvgIpc) is 3.04. The highest BCUT2D eigenvalue weighted by Crippen LogP contribution is 2.31. The molecule has 0 spiro atoms. The SMILES string of the molecule is CCOC(=O)c1sc(N)c(C#N)c1Cn1cnc(CC)c1. The summed E-state index contributed by atoms with van der Waals surface area (Å²) < 4.78 is 6.86. The zero-order chi connectivity index (χ0) is 15.4. The summed E-state index contributed by atoms with van der Waals surface area (Å²) in [6.45, 7) is 4.41. The fraction of sp³-hybridized carbons (Fsp3) is 0.357. The predicted octanol–water partition coefficient (Wildman–Crippen LogP) is 2.19. The van der Waals surface area contributed by atoms with Gasteiger partial charge in [-0.15, -0.1) is 11.3 Å². The Morgan fingerprint density at radius 3 is 2.90 bits per heavy atom. The molecule has 0 aliphatic rings. The van der Waals surface area contributed by atoms with Gasteiger partial charge in [0.15, 0.2) is 0 Å². The maximum Gasteiger partial charge on any atom is 0.348 e. The maximum absolute atomic E-state index is 12.0. The molecule has 21 heavy (non-hydrogen) atoms. The molecule has 0 saturated carbocycles. The molecule has 0 unspecified atom stereocenters. The lowest BCUT2D eigenvalue weighted by atomic mass is 10.1. The number of nitrogens with two attached hydrogens (primary N) is 1. The molecule has 2 N–H and O–H groups in total. The molecule has 0 bridgehead atoms. The molecule has 0 fully saturated rings. The van der Waals surface area contributed by atoms with Gasteiger partial charge in [0.1, 0.15) is 15.9 Å². The van der Waals surface area contributed by atoms with Crippen LogP contribution in [0.15, 0.2) is 12.5 Å². The smallest absolute Gasteiger partial charge is 0.348 e. The van der Waals surface area contributed by atoms with Gasteiger partial charge < -0.3 is 15.0 Å². The van der Waals surface area contributed by atoms with Crippen LogP contribution in [-0.4, -0.2) is 22.1 Å². The Balaban J connectivity index is 2.40. The number of carbonyl (C=O) groups is 1. The molecule has 0 radical (unpaired) electrons. The van der Waals surface area contributed by atoms with Crippen LogP contribution < -0.4 is 5.73 Å². The first-order chi connectivity index (χ1) is 10.1. The number of esters is 1. The molecule has 2 rings (SSSR count). The van der Waals surface area contributed by atoms with Gasteiger partial charge in [-0.3, -0.25) is 0 Å². The van der Waals surface area contributed by atoms with E-state index in [2.05, 4.69) is 11.1 Å². The van der Waals surface area contributed by atoms with Gasteiger partial charge in [-0.2, -0.15) is 5.26 Å². The fourth-order valence-corrected chi connectivity index (χ4v) is 2.90. The molecule has 7 heteroatoms. The van der Waals surface area contributed by atoms with Crippen LogP contribution in [0.3, 0.4) is 0 Å². The number of aromatic nitrogens is 2. The van der Waals surface area contributed by atoms with Crippen molar-refractivity contribution in [3.8, 4) is 6.07 Å². The second kappa shape index (κ2) is 6.41. The van der Waals surface area contributed by atoms with E-state index in [1.165, 1.54) is 0 Å². The molecule has 2 heterocycles. The summed E-state index contributed by atoms with van der Waals surface area (Å²) in [5.41, 5.74) is 7.73. The summed E-state index contributed by atoms with van der Waals surface area (Å²) in [4.78, 5) is 16.6. The van der Waals surface area contributed by atoms with E-state index < -0.39 is 5.97 Å². The van der Waals surface area contributed by atoms with Gasteiger partial charge in [0.2, 0.25) is 0 Å². The Morgan fingerprint density at radius 1 is 1.57 bits per heavy atom. The summed E-state index contributed by atoms with van der Waals surface area (Å²) in [5, 5.41) is 9.59. The van der Waals surface area contributed by atoms with Crippen molar-refractivity contribution < 1.29 is 9.53 Å². The largest absolute Gasteiger partial charge is 0.462 e. The number of carbonyl (C=O) groups excluding carboxylic acids is 1. The summed E-state index contributed by atoms with van der Waals surface area (Å²) in [6, 6.07) is 2.07. The Labute approximate surface area is 126 Å². The van der Waals surface area contributed by atoms with Gasteiger partial charge in [0, 0.05) is 11.8 Å². The molecule has 0 saturated heterocycles. The number of nitrogens with zero attached hydrogens (tertiary/aromatic N) is 3. The van der Waals surface area contributed by atoms with Crippen LogP contribution in [0.1, 0.15) is 40.3 Å². The number of aryl methyl sites for hydroxylation is 1. The highest BCUT2D eigenvalue weighted by atomic mass is 32.1. The molecule has 0 aliphatic heterocycles. The maximum atomic E-state index is 12.0. The minimum absolute atomic E-state index is 0.281. The molecule has 0 aliphatic carbocycles. The lowest BCUT2D eigenvalue weighted by Gasteiger charge is -2.05. The van der Waals surface area contributed by atoms with E-state index in [1.807, 2.05) is 17.7 Å². The lowest BCUT2D eigenvalue weighted by Crippen LogP contribution is -2.08. The molecule has 2 aromatic rings. The van der Waals surface area contributed by atoms with Crippen LogP contribution in [0.5, 0.6) is 0 Å². The second-order valence-corrected chi connectivity index (χ2v) is 5.42. The van der Waals surface area contributed by atoms with Gasteiger partial charge in [0.05, 0.1) is 30.7 Å². The number of anilines is 1. The summed E-state index contributed by atoms with van der Waals surface area (Å²) in [7, 11) is 0. The molecule has 0 atom stereocenters. The Kier molecular flexibility index (Phi) is 4.60. The van der Waals surface area contributed by atoms with E-state index >= 15 is 0 Å². The van der Waals surface area contributed by atoms with Crippen molar-refractivity contribution in [1.82, 2.24) is 9.55 Å². The predicted molar refractivity (Wildman–Crippen MR) is 80.1 cm³/mol. The van der Waals surface area contributed by atoms with Gasteiger partial charge >= 0.3 is 5.97 Å². The van der Waals surface area contributed by atoms with Crippen LogP contribution in [-0.2, 0) is 17.7 Å². The fourth-order valence-electron chi connectivity index (χ4n) is 1.98. The van der Waals surface area contributed by atoms with Crippen molar-refractivity contribution in [2.75, 3.05) is 12.3 Å². The monoisotopic (exact) mass is 304 g/mol. The van der Waals surface area contributed by atoms with Crippen LogP contribution in [0, 0.1) is 11.3 Å². The van der Waals surface area contributed by atoms with Crippen molar-refractivity contribution in [2.24, 2.45) is 0 Å². The van der Waals surface area contributed by atoms with Gasteiger partial charge in [-0.05, 0) is 13.3 Å². The van der Waals surface area contributed by atoms with Crippen molar-refractivity contribution in [2.45, 2.75) is 26.8 Å². The summed E-state index contributed by atoms with van der Waals surface area (Å²) >= 11 is 1.09. The molecule has 0 amide bonds. The second-order valence-electron chi connectivity index (χ2n) is 4.37. The third-order valence-electron chi connectivity index (χ3n) is 3.00. The number of thiophene rings is 1. The third kappa shape index (κ3) is 3.06. The average molecular weight is 304 g/mol. The van der Waals surface area contributed by atoms with Crippen LogP contribution in [0.25, 0.3) is 0 Å². The van der Waals surface area contributed by atoms with Gasteiger partial charge in [-0.25, -0.2) is 9.78 Å². The minimum atomic E-state index is -0.443. The molecule has 2 aromatic heterocycles. The van der Waals surface area contributed by atoms with E-state index in [0.29, 0.717) is 27.5 Å². The van der Waals surface area contributed by atoms with Gasteiger partial charge in [0.25, 0.3) is 0 Å². The summed E-state index contributed by atoms with van der Waals surface area (Å²) in [6.07, 6.45) is 4.40. The Morgan fingerprint density at radius 2 is 2.33 bits per heavy atom. The molecule has 6 nitrogen and oxygen atoms in total. The summed E-state index contributed by atoms with van der Waals surface area (Å²) in [5.74, 6) is -0.443. The topological polar surface area (TPSA) is 93.9 Å². The number of hydrogen-bond donors (Lipinski definition) is 1. The van der Waals surface area contributed by atoms with Crippen molar-refractivity contribution in [3.63, 3.8) is 0 Å². The number of hydrogen-bond acceptors (Lipinski definition) is 6. The zero-order valence-electron chi connectivity index (χ0n) is 11.9. The highest BCUT2D eigenvalue weighted by molar-refractivity contribution is 7.18. The molecular weight excluding hydrogens is 288 g/mol. The van der Waals surface area contributed by atoms with Crippen LogP contribution in [0.2, 0.25) is 0 Å². The first-order valence-corrected chi connectivity index (χ1v) is 7.41. The quantitative estimate of drug-likeness (QED) is 0.854. The van der Waals surface area contributed by atoms with Crippen molar-refractivity contribution in [1.29, 1.82) is 5.26 Å². The van der Waals surface area contributed by atoms with E-state index in [4.69, 9.17) is 10.5 Å². The lowest BCUT2D eigenvalue weighted by molar-refractivity contribution is 0.0531. The number of nitrogen functional groups attached to an aromatic ring is 1. The molecule has 0 aromatic carbocycles. The van der Waals surface area contributed by atoms with Crippen molar-refractivity contribution in [3.05, 3.63) is 34.2 Å². The molecular formula is C14H16N4O2S. The van der Waals surface area contributed by atoms with Crippen molar-refractivity contribution >= 4 is 22.3 Å². The molecule has 110 valence electrons.